The molecule has 0 heterocycles. The first-order valence-corrected chi connectivity index (χ1v) is 4.59. The molecular weight excluding hydrogens is 164 g/mol. The van der Waals surface area contributed by atoms with Gasteiger partial charge in [-0.25, -0.2) is 8.42 Å². The Labute approximate surface area is 66.0 Å². The third kappa shape index (κ3) is 1.92. The van der Waals surface area contributed by atoms with Crippen LogP contribution < -0.4 is 0 Å². The molecule has 0 aliphatic carbocycles. The maximum absolute atomic E-state index is 11.0. The molecule has 0 amide bonds. The van der Waals surface area contributed by atoms with E-state index in [2.05, 4.69) is 0 Å². The Bertz CT molecular complexity index is 290. The lowest BCUT2D eigenvalue weighted by Gasteiger charge is -2.05. The van der Waals surface area contributed by atoms with Crippen molar-refractivity contribution in [2.75, 3.05) is 0 Å². The molecule has 0 rings (SSSR count). The zero-order valence-corrected chi connectivity index (χ0v) is 7.09. The van der Waals surface area contributed by atoms with Crippen LogP contribution in [0, 0.1) is 22.7 Å². The number of hydrogen-bond donors (Lipinski definition) is 0. The van der Waals surface area contributed by atoms with E-state index in [1.165, 1.54) is 26.0 Å². The van der Waals surface area contributed by atoms with Gasteiger partial charge in [0, 0.05) is 0 Å². The van der Waals surface area contributed by atoms with Gasteiger partial charge in [0.2, 0.25) is 5.25 Å². The van der Waals surface area contributed by atoms with Gasteiger partial charge in [0.25, 0.3) is 0 Å². The molecule has 11 heavy (non-hydrogen) atoms. The van der Waals surface area contributed by atoms with E-state index in [1.54, 1.807) is 0 Å². The summed E-state index contributed by atoms with van der Waals surface area (Å²) in [5.74, 6) is 0. The van der Waals surface area contributed by atoms with Gasteiger partial charge in [0.05, 0.1) is 17.4 Å². The minimum absolute atomic E-state index is 0.674. The summed E-state index contributed by atoms with van der Waals surface area (Å²) in [5, 5.41) is 14.3. The SMILES string of the molecule is CC(C)S(=O)(=O)C(C#N)C#N. The minimum atomic E-state index is -3.56. The van der Waals surface area contributed by atoms with Gasteiger partial charge in [0.15, 0.2) is 9.84 Å². The van der Waals surface area contributed by atoms with Crippen LogP contribution in [0.15, 0.2) is 0 Å². The van der Waals surface area contributed by atoms with Crippen molar-refractivity contribution in [2.24, 2.45) is 0 Å². The topological polar surface area (TPSA) is 81.7 Å². The summed E-state index contributed by atoms with van der Waals surface area (Å²) in [6.07, 6.45) is 0. The van der Waals surface area contributed by atoms with Crippen LogP contribution in [0.1, 0.15) is 13.8 Å². The zero-order valence-electron chi connectivity index (χ0n) is 6.27. The van der Waals surface area contributed by atoms with Gasteiger partial charge in [-0.1, -0.05) is 0 Å². The largest absolute Gasteiger partial charge is 0.233 e. The number of nitrogens with zero attached hydrogens (tertiary/aromatic N) is 2. The summed E-state index contributed by atoms with van der Waals surface area (Å²) in [7, 11) is -3.56. The molecule has 0 aromatic carbocycles. The standard InChI is InChI=1S/C6H8N2O2S/c1-5(2)11(9,10)6(3-7)4-8/h5-6H,1-2H3. The van der Waals surface area contributed by atoms with Crippen LogP contribution in [-0.4, -0.2) is 18.9 Å². The van der Waals surface area contributed by atoms with E-state index in [0.29, 0.717) is 0 Å². The minimum Gasteiger partial charge on any atom is -0.226 e. The number of sulfone groups is 1. The van der Waals surface area contributed by atoms with Crippen molar-refractivity contribution < 1.29 is 8.42 Å². The number of nitriles is 2. The summed E-state index contributed by atoms with van der Waals surface area (Å²) < 4.78 is 22.1. The van der Waals surface area contributed by atoms with Gasteiger partial charge in [-0.2, -0.15) is 10.5 Å². The lowest BCUT2D eigenvalue weighted by molar-refractivity contribution is 0.586. The van der Waals surface area contributed by atoms with Gasteiger partial charge >= 0.3 is 0 Å². The highest BCUT2D eigenvalue weighted by molar-refractivity contribution is 7.93. The predicted octanol–water partition coefficient (Wildman–Crippen LogP) is 0.225. The molecule has 0 fully saturated rings. The first kappa shape index (κ1) is 9.93. The molecular formula is C6H8N2O2S. The van der Waals surface area contributed by atoms with Gasteiger partial charge in [0.1, 0.15) is 0 Å². The Hall–Kier alpha value is -1.07. The molecule has 4 nitrogen and oxygen atoms in total. The lowest BCUT2D eigenvalue weighted by atomic mass is 10.5. The second kappa shape index (κ2) is 3.36. The number of rotatable bonds is 2. The summed E-state index contributed by atoms with van der Waals surface area (Å²) in [4.78, 5) is 0. The normalized spacial score (nSPS) is 11.1. The Kier molecular flexibility index (Phi) is 3.03. The monoisotopic (exact) mass is 172 g/mol. The van der Waals surface area contributed by atoms with E-state index in [1.807, 2.05) is 0 Å². The second-order valence-corrected chi connectivity index (χ2v) is 4.87. The fraction of sp³-hybridized carbons (Fsp3) is 0.667. The Morgan fingerprint density at radius 3 is 1.64 bits per heavy atom. The molecule has 0 spiro atoms. The van der Waals surface area contributed by atoms with Crippen LogP contribution in [0.2, 0.25) is 0 Å². The van der Waals surface area contributed by atoms with Crippen LogP contribution in [0.5, 0.6) is 0 Å². The van der Waals surface area contributed by atoms with E-state index < -0.39 is 20.3 Å². The first-order chi connectivity index (χ1) is 4.96. The van der Waals surface area contributed by atoms with E-state index in [4.69, 9.17) is 10.5 Å². The van der Waals surface area contributed by atoms with Crippen molar-refractivity contribution in [1.82, 2.24) is 0 Å². The molecule has 0 aliphatic rings. The van der Waals surface area contributed by atoms with Crippen molar-refractivity contribution in [3.63, 3.8) is 0 Å². The molecule has 0 unspecified atom stereocenters. The Morgan fingerprint density at radius 1 is 1.18 bits per heavy atom. The van der Waals surface area contributed by atoms with E-state index >= 15 is 0 Å². The summed E-state index contributed by atoms with van der Waals surface area (Å²) in [6, 6.07) is 2.85. The highest BCUT2D eigenvalue weighted by atomic mass is 32.2. The highest BCUT2D eigenvalue weighted by Gasteiger charge is 2.27. The summed E-state index contributed by atoms with van der Waals surface area (Å²) >= 11 is 0. The molecule has 0 saturated heterocycles. The first-order valence-electron chi connectivity index (χ1n) is 2.98. The maximum atomic E-state index is 11.0. The second-order valence-electron chi connectivity index (χ2n) is 2.28. The third-order valence-electron chi connectivity index (χ3n) is 1.22. The van der Waals surface area contributed by atoms with E-state index in [0.717, 1.165) is 0 Å². The Balaban J connectivity index is 4.91. The van der Waals surface area contributed by atoms with Crippen molar-refractivity contribution in [3.8, 4) is 12.1 Å². The molecule has 0 aliphatic heterocycles. The van der Waals surface area contributed by atoms with Gasteiger partial charge < -0.3 is 0 Å². The van der Waals surface area contributed by atoms with Gasteiger partial charge in [-0.15, -0.1) is 0 Å². The molecule has 0 saturated carbocycles. The zero-order chi connectivity index (χ0) is 9.07. The van der Waals surface area contributed by atoms with E-state index in [-0.39, 0.29) is 0 Å². The molecule has 0 aromatic heterocycles. The summed E-state index contributed by atoms with van der Waals surface area (Å²) in [5.41, 5.74) is 0. The lowest BCUT2D eigenvalue weighted by Crippen LogP contribution is -2.25. The molecule has 60 valence electrons. The fourth-order valence-electron chi connectivity index (χ4n) is 0.448. The van der Waals surface area contributed by atoms with Crippen LogP contribution in [-0.2, 0) is 9.84 Å². The van der Waals surface area contributed by atoms with Crippen molar-refractivity contribution in [1.29, 1.82) is 10.5 Å². The quantitative estimate of drug-likeness (QED) is 0.596. The smallest absolute Gasteiger partial charge is 0.226 e. The highest BCUT2D eigenvalue weighted by Crippen LogP contribution is 2.07. The summed E-state index contributed by atoms with van der Waals surface area (Å²) in [6.45, 7) is 2.88. The molecule has 0 aromatic rings. The molecule has 0 atom stereocenters. The molecule has 5 heteroatoms. The average molecular weight is 172 g/mol. The molecule has 0 radical (unpaired) electrons. The van der Waals surface area contributed by atoms with Crippen LogP contribution in [0.3, 0.4) is 0 Å². The van der Waals surface area contributed by atoms with Gasteiger partial charge in [-0.3, -0.25) is 0 Å². The molecule has 0 N–H and O–H groups in total. The van der Waals surface area contributed by atoms with Crippen molar-refractivity contribution >= 4 is 9.84 Å². The molecule has 0 bridgehead atoms. The van der Waals surface area contributed by atoms with Crippen molar-refractivity contribution in [2.45, 2.75) is 24.3 Å². The van der Waals surface area contributed by atoms with E-state index in [9.17, 15) is 8.42 Å². The maximum Gasteiger partial charge on any atom is 0.233 e. The van der Waals surface area contributed by atoms with Crippen LogP contribution >= 0.6 is 0 Å². The Morgan fingerprint density at radius 2 is 1.55 bits per heavy atom. The fourth-order valence-corrected chi connectivity index (χ4v) is 1.29. The average Bonchev–Trinajstić information content (AvgIpc) is 1.89. The van der Waals surface area contributed by atoms with Crippen molar-refractivity contribution in [3.05, 3.63) is 0 Å². The third-order valence-corrected chi connectivity index (χ3v) is 3.40. The van der Waals surface area contributed by atoms with Gasteiger partial charge in [-0.05, 0) is 13.8 Å². The predicted molar refractivity (Wildman–Crippen MR) is 39.1 cm³/mol. The van der Waals surface area contributed by atoms with Crippen LogP contribution in [0.4, 0.5) is 0 Å². The number of hydrogen-bond acceptors (Lipinski definition) is 4. The van der Waals surface area contributed by atoms with Crippen LogP contribution in [0.25, 0.3) is 0 Å².